The molecular formula is C14H12N4OS. The Morgan fingerprint density at radius 2 is 2.10 bits per heavy atom. The van der Waals surface area contributed by atoms with Crippen LogP contribution >= 0.6 is 11.3 Å². The standard InChI is InChI=1S/C14H12N4OS/c19-13(17-14-16-6-8-20-14)12-3-1-11(2-4-12)9-18-7-5-15-10-18/h1-8,10H,9H2,(H,16,17,19). The van der Waals surface area contributed by atoms with E-state index in [2.05, 4.69) is 15.3 Å². The third kappa shape index (κ3) is 2.92. The Hall–Kier alpha value is -2.47. The molecule has 3 aromatic rings. The molecule has 1 amide bonds. The number of thiazole rings is 1. The summed E-state index contributed by atoms with van der Waals surface area (Å²) in [7, 11) is 0. The van der Waals surface area contributed by atoms with Gasteiger partial charge in [-0.25, -0.2) is 9.97 Å². The predicted molar refractivity (Wildman–Crippen MR) is 77.8 cm³/mol. The maximum absolute atomic E-state index is 12.0. The first-order chi connectivity index (χ1) is 9.81. The van der Waals surface area contributed by atoms with E-state index >= 15 is 0 Å². The van der Waals surface area contributed by atoms with E-state index in [4.69, 9.17) is 0 Å². The number of amides is 1. The first-order valence-electron chi connectivity index (χ1n) is 6.07. The van der Waals surface area contributed by atoms with Crippen molar-refractivity contribution in [3.63, 3.8) is 0 Å². The van der Waals surface area contributed by atoms with Crippen LogP contribution in [0.5, 0.6) is 0 Å². The maximum Gasteiger partial charge on any atom is 0.257 e. The Bertz CT molecular complexity index is 675. The lowest BCUT2D eigenvalue weighted by Gasteiger charge is -2.05. The van der Waals surface area contributed by atoms with Crippen LogP contribution in [0.25, 0.3) is 0 Å². The molecule has 0 fully saturated rings. The number of carbonyl (C=O) groups excluding carboxylic acids is 1. The van der Waals surface area contributed by atoms with Crippen molar-refractivity contribution in [1.82, 2.24) is 14.5 Å². The molecule has 3 rings (SSSR count). The molecule has 0 saturated heterocycles. The number of hydrogen-bond donors (Lipinski definition) is 1. The zero-order chi connectivity index (χ0) is 13.8. The molecule has 1 N–H and O–H groups in total. The van der Waals surface area contributed by atoms with Gasteiger partial charge < -0.3 is 4.57 Å². The first-order valence-corrected chi connectivity index (χ1v) is 6.95. The van der Waals surface area contributed by atoms with Gasteiger partial charge in [0.25, 0.3) is 5.91 Å². The van der Waals surface area contributed by atoms with E-state index in [1.54, 1.807) is 18.7 Å². The fraction of sp³-hybridized carbons (Fsp3) is 0.0714. The monoisotopic (exact) mass is 284 g/mol. The number of rotatable bonds is 4. The topological polar surface area (TPSA) is 59.8 Å². The fourth-order valence-corrected chi connectivity index (χ4v) is 2.33. The molecular weight excluding hydrogens is 272 g/mol. The minimum atomic E-state index is -0.144. The van der Waals surface area contributed by atoms with E-state index in [0.717, 1.165) is 12.1 Å². The Kier molecular flexibility index (Phi) is 3.56. The van der Waals surface area contributed by atoms with Crippen molar-refractivity contribution in [3.8, 4) is 0 Å². The van der Waals surface area contributed by atoms with Crippen molar-refractivity contribution in [2.45, 2.75) is 6.54 Å². The van der Waals surface area contributed by atoms with Crippen LogP contribution in [0.1, 0.15) is 15.9 Å². The summed E-state index contributed by atoms with van der Waals surface area (Å²) in [4.78, 5) is 20.0. The summed E-state index contributed by atoms with van der Waals surface area (Å²) in [6.07, 6.45) is 7.08. The van der Waals surface area contributed by atoms with Gasteiger partial charge in [0.2, 0.25) is 0 Å². The van der Waals surface area contributed by atoms with Gasteiger partial charge in [0.15, 0.2) is 5.13 Å². The molecule has 100 valence electrons. The van der Waals surface area contributed by atoms with E-state index in [-0.39, 0.29) is 5.91 Å². The predicted octanol–water partition coefficient (Wildman–Crippen LogP) is 2.64. The van der Waals surface area contributed by atoms with E-state index in [0.29, 0.717) is 10.7 Å². The van der Waals surface area contributed by atoms with Gasteiger partial charge in [-0.1, -0.05) is 12.1 Å². The van der Waals surface area contributed by atoms with Crippen molar-refractivity contribution in [1.29, 1.82) is 0 Å². The van der Waals surface area contributed by atoms with Gasteiger partial charge in [0, 0.05) is 36.1 Å². The number of benzene rings is 1. The molecule has 5 nitrogen and oxygen atoms in total. The van der Waals surface area contributed by atoms with Crippen LogP contribution < -0.4 is 5.32 Å². The van der Waals surface area contributed by atoms with Crippen molar-refractivity contribution in [2.75, 3.05) is 5.32 Å². The number of nitrogens with one attached hydrogen (secondary N) is 1. The van der Waals surface area contributed by atoms with Gasteiger partial charge in [-0.2, -0.15) is 0 Å². The number of nitrogens with zero attached hydrogens (tertiary/aromatic N) is 3. The molecule has 1 aromatic carbocycles. The molecule has 2 heterocycles. The average molecular weight is 284 g/mol. The fourth-order valence-electron chi connectivity index (χ4n) is 1.81. The molecule has 0 aliphatic heterocycles. The highest BCUT2D eigenvalue weighted by atomic mass is 32.1. The van der Waals surface area contributed by atoms with E-state index in [1.165, 1.54) is 11.3 Å². The van der Waals surface area contributed by atoms with Crippen LogP contribution in [0.3, 0.4) is 0 Å². The van der Waals surface area contributed by atoms with Gasteiger partial charge in [-0.15, -0.1) is 11.3 Å². The second-order valence-electron chi connectivity index (χ2n) is 4.22. The zero-order valence-corrected chi connectivity index (χ0v) is 11.4. The smallest absolute Gasteiger partial charge is 0.257 e. The number of anilines is 1. The average Bonchev–Trinajstić information content (AvgIpc) is 3.13. The summed E-state index contributed by atoms with van der Waals surface area (Å²) in [6, 6.07) is 7.51. The molecule has 20 heavy (non-hydrogen) atoms. The molecule has 0 aliphatic carbocycles. The molecule has 6 heteroatoms. The van der Waals surface area contributed by atoms with Crippen molar-refractivity contribution >= 4 is 22.4 Å². The van der Waals surface area contributed by atoms with Gasteiger partial charge in [-0.05, 0) is 17.7 Å². The molecule has 0 spiro atoms. The maximum atomic E-state index is 12.0. The lowest BCUT2D eigenvalue weighted by molar-refractivity contribution is 0.102. The van der Waals surface area contributed by atoms with Gasteiger partial charge >= 0.3 is 0 Å². The van der Waals surface area contributed by atoms with Crippen molar-refractivity contribution in [3.05, 3.63) is 65.7 Å². The zero-order valence-electron chi connectivity index (χ0n) is 10.6. The molecule has 0 bridgehead atoms. The second kappa shape index (κ2) is 5.66. The summed E-state index contributed by atoms with van der Waals surface area (Å²) >= 11 is 1.40. The number of carbonyl (C=O) groups is 1. The molecule has 2 aromatic heterocycles. The second-order valence-corrected chi connectivity index (χ2v) is 5.12. The summed E-state index contributed by atoms with van der Waals surface area (Å²) < 4.78 is 1.98. The molecule has 0 atom stereocenters. The number of imidazole rings is 1. The summed E-state index contributed by atoms with van der Waals surface area (Å²) in [5.74, 6) is -0.144. The normalized spacial score (nSPS) is 10.4. The van der Waals surface area contributed by atoms with Crippen LogP contribution in [0, 0.1) is 0 Å². The number of hydrogen-bond acceptors (Lipinski definition) is 4. The summed E-state index contributed by atoms with van der Waals surface area (Å²) in [5.41, 5.74) is 1.74. The SMILES string of the molecule is O=C(Nc1nccs1)c1ccc(Cn2ccnc2)cc1. The van der Waals surface area contributed by atoms with Crippen LogP contribution in [0.2, 0.25) is 0 Å². The molecule has 0 aliphatic rings. The lowest BCUT2D eigenvalue weighted by atomic mass is 10.1. The Morgan fingerprint density at radius 1 is 1.25 bits per heavy atom. The van der Waals surface area contributed by atoms with Crippen LogP contribution in [0.4, 0.5) is 5.13 Å². The molecule has 0 saturated carbocycles. The summed E-state index contributed by atoms with van der Waals surface area (Å²) in [6.45, 7) is 0.744. The third-order valence-electron chi connectivity index (χ3n) is 2.79. The van der Waals surface area contributed by atoms with E-state index < -0.39 is 0 Å². The quantitative estimate of drug-likeness (QED) is 0.801. The highest BCUT2D eigenvalue weighted by Crippen LogP contribution is 2.13. The van der Waals surface area contributed by atoms with Crippen molar-refractivity contribution in [2.24, 2.45) is 0 Å². The van der Waals surface area contributed by atoms with Crippen LogP contribution in [-0.2, 0) is 6.54 Å². The Balaban J connectivity index is 1.68. The van der Waals surface area contributed by atoms with E-state index in [1.807, 2.05) is 40.4 Å². The van der Waals surface area contributed by atoms with Crippen molar-refractivity contribution < 1.29 is 4.79 Å². The minimum Gasteiger partial charge on any atom is -0.333 e. The number of aromatic nitrogens is 3. The van der Waals surface area contributed by atoms with Gasteiger partial charge in [0.05, 0.1) is 6.33 Å². The Morgan fingerprint density at radius 3 is 2.75 bits per heavy atom. The third-order valence-corrected chi connectivity index (χ3v) is 3.48. The largest absolute Gasteiger partial charge is 0.333 e. The highest BCUT2D eigenvalue weighted by molar-refractivity contribution is 7.13. The van der Waals surface area contributed by atoms with Gasteiger partial charge in [-0.3, -0.25) is 10.1 Å². The van der Waals surface area contributed by atoms with Crippen LogP contribution in [0.15, 0.2) is 54.6 Å². The van der Waals surface area contributed by atoms with Gasteiger partial charge in [0.1, 0.15) is 0 Å². The molecule has 0 unspecified atom stereocenters. The minimum absolute atomic E-state index is 0.144. The summed E-state index contributed by atoms with van der Waals surface area (Å²) in [5, 5.41) is 5.19. The lowest BCUT2D eigenvalue weighted by Crippen LogP contribution is -2.11. The Labute approximate surface area is 119 Å². The first kappa shape index (κ1) is 12.6. The van der Waals surface area contributed by atoms with Crippen LogP contribution in [-0.4, -0.2) is 20.4 Å². The van der Waals surface area contributed by atoms with E-state index in [9.17, 15) is 4.79 Å². The molecule has 0 radical (unpaired) electrons. The highest BCUT2D eigenvalue weighted by Gasteiger charge is 2.07.